The highest BCUT2D eigenvalue weighted by Gasteiger charge is 2.12. The number of esters is 1. The van der Waals surface area contributed by atoms with Gasteiger partial charge in [0.25, 0.3) is 0 Å². The molecule has 0 amide bonds. The second-order valence-electron chi connectivity index (χ2n) is 5.22. The van der Waals surface area contributed by atoms with Gasteiger partial charge in [-0.05, 0) is 51.4 Å². The van der Waals surface area contributed by atoms with Crippen LogP contribution in [0.3, 0.4) is 0 Å². The molecule has 0 radical (unpaired) electrons. The van der Waals surface area contributed by atoms with Crippen molar-refractivity contribution in [3.05, 3.63) is 27.7 Å². The number of carbonyl (C=O) groups is 1. The van der Waals surface area contributed by atoms with Crippen LogP contribution in [-0.4, -0.2) is 25.2 Å². The summed E-state index contributed by atoms with van der Waals surface area (Å²) >= 11 is 3.49. The van der Waals surface area contributed by atoms with Crippen LogP contribution in [0.25, 0.3) is 0 Å². The van der Waals surface area contributed by atoms with Gasteiger partial charge in [-0.15, -0.1) is 0 Å². The van der Waals surface area contributed by atoms with Gasteiger partial charge in [0, 0.05) is 16.6 Å². The fourth-order valence-electron chi connectivity index (χ4n) is 1.96. The van der Waals surface area contributed by atoms with Crippen LogP contribution in [0.5, 0.6) is 5.75 Å². The molecule has 0 bridgehead atoms. The van der Waals surface area contributed by atoms with Crippen LogP contribution in [0, 0.1) is 6.92 Å². The molecule has 1 N–H and O–H groups in total. The second-order valence-corrected chi connectivity index (χ2v) is 6.13. The highest BCUT2D eigenvalue weighted by molar-refractivity contribution is 9.10. The van der Waals surface area contributed by atoms with Crippen LogP contribution >= 0.6 is 15.9 Å². The normalized spacial score (nSPS) is 10.8. The fraction of sp³-hybridized carbons (Fsp3) is 0.562. The number of hydrogen-bond donors (Lipinski definition) is 1. The number of benzene rings is 1. The van der Waals surface area contributed by atoms with E-state index in [2.05, 4.69) is 28.2 Å². The first-order valence-electron chi connectivity index (χ1n) is 7.26. The Morgan fingerprint density at radius 2 is 2.10 bits per heavy atom. The number of ether oxygens (including phenoxy) is 2. The molecule has 0 aliphatic heterocycles. The van der Waals surface area contributed by atoms with Gasteiger partial charge in [0.2, 0.25) is 0 Å². The van der Waals surface area contributed by atoms with Crippen molar-refractivity contribution in [1.29, 1.82) is 0 Å². The van der Waals surface area contributed by atoms with E-state index in [-0.39, 0.29) is 18.7 Å². The molecule has 0 unspecified atom stereocenters. The molecule has 0 fully saturated rings. The summed E-state index contributed by atoms with van der Waals surface area (Å²) in [5, 5.41) is 3.35. The lowest BCUT2D eigenvalue weighted by atomic mass is 10.1. The first-order chi connectivity index (χ1) is 9.93. The van der Waals surface area contributed by atoms with Crippen LogP contribution < -0.4 is 10.1 Å². The summed E-state index contributed by atoms with van der Waals surface area (Å²) in [5.74, 6) is 0.405. The van der Waals surface area contributed by atoms with E-state index in [1.54, 1.807) is 0 Å². The monoisotopic (exact) mass is 357 g/mol. The number of rotatable bonds is 8. The Balaban J connectivity index is 2.76. The molecule has 0 saturated carbocycles. The van der Waals surface area contributed by atoms with E-state index in [1.807, 2.05) is 32.9 Å². The zero-order valence-corrected chi connectivity index (χ0v) is 14.7. The molecule has 1 aromatic carbocycles. The Morgan fingerprint density at radius 1 is 1.38 bits per heavy atom. The maximum atomic E-state index is 11.6. The number of aryl methyl sites for hydroxylation is 1. The van der Waals surface area contributed by atoms with Gasteiger partial charge in [-0.1, -0.05) is 22.9 Å². The van der Waals surface area contributed by atoms with E-state index in [1.165, 1.54) is 0 Å². The van der Waals surface area contributed by atoms with Crippen LogP contribution in [0.1, 0.15) is 38.3 Å². The molecule has 0 heterocycles. The number of halogens is 1. The van der Waals surface area contributed by atoms with E-state index in [0.29, 0.717) is 6.54 Å². The highest BCUT2D eigenvalue weighted by atomic mass is 79.9. The quantitative estimate of drug-likeness (QED) is 0.570. The number of hydrogen-bond acceptors (Lipinski definition) is 4. The number of carbonyl (C=O) groups excluding carboxylic acids is 1. The van der Waals surface area contributed by atoms with E-state index >= 15 is 0 Å². The van der Waals surface area contributed by atoms with E-state index in [9.17, 15) is 4.79 Å². The van der Waals surface area contributed by atoms with Crippen LogP contribution in [0.2, 0.25) is 0 Å². The third kappa shape index (κ3) is 6.48. The smallest absolute Gasteiger partial charge is 0.344 e. The van der Waals surface area contributed by atoms with Crippen molar-refractivity contribution in [2.75, 3.05) is 13.2 Å². The average molecular weight is 358 g/mol. The minimum Gasteiger partial charge on any atom is -0.481 e. The highest BCUT2D eigenvalue weighted by Crippen LogP contribution is 2.28. The molecular weight excluding hydrogens is 334 g/mol. The summed E-state index contributed by atoms with van der Waals surface area (Å²) in [6, 6.07) is 3.99. The fourth-order valence-corrected chi connectivity index (χ4v) is 2.58. The third-order valence-corrected chi connectivity index (χ3v) is 3.22. The molecule has 0 saturated heterocycles. The third-order valence-electron chi connectivity index (χ3n) is 2.76. The summed E-state index contributed by atoms with van der Waals surface area (Å²) in [4.78, 5) is 11.6. The Hall–Kier alpha value is -1.07. The lowest BCUT2D eigenvalue weighted by molar-refractivity contribution is -0.149. The van der Waals surface area contributed by atoms with E-state index in [4.69, 9.17) is 9.47 Å². The van der Waals surface area contributed by atoms with Crippen LogP contribution in [0.4, 0.5) is 0 Å². The molecule has 0 aromatic heterocycles. The zero-order valence-electron chi connectivity index (χ0n) is 13.2. The van der Waals surface area contributed by atoms with Crippen LogP contribution in [0.15, 0.2) is 16.6 Å². The molecule has 0 aliphatic rings. The topological polar surface area (TPSA) is 47.6 Å². The lowest BCUT2D eigenvalue weighted by Gasteiger charge is -2.16. The maximum Gasteiger partial charge on any atom is 0.344 e. The van der Waals surface area contributed by atoms with E-state index < -0.39 is 0 Å². The van der Waals surface area contributed by atoms with Gasteiger partial charge in [0.1, 0.15) is 5.75 Å². The van der Waals surface area contributed by atoms with Crippen molar-refractivity contribution < 1.29 is 14.3 Å². The molecule has 4 nitrogen and oxygen atoms in total. The molecular formula is C16H24BrNO3. The SMILES string of the molecule is CCCNCc1cc(Br)cc(C)c1OCC(=O)OC(C)C. The Kier molecular flexibility index (Phi) is 7.75. The number of nitrogens with one attached hydrogen (secondary N) is 1. The average Bonchev–Trinajstić information content (AvgIpc) is 2.36. The first-order valence-corrected chi connectivity index (χ1v) is 8.05. The molecule has 21 heavy (non-hydrogen) atoms. The minimum absolute atomic E-state index is 0.0680. The summed E-state index contributed by atoms with van der Waals surface area (Å²) in [5.41, 5.74) is 2.03. The van der Waals surface area contributed by atoms with Gasteiger partial charge in [-0.2, -0.15) is 0 Å². The Morgan fingerprint density at radius 3 is 2.71 bits per heavy atom. The summed E-state index contributed by atoms with van der Waals surface area (Å²) in [7, 11) is 0. The summed E-state index contributed by atoms with van der Waals surface area (Å²) < 4.78 is 11.8. The minimum atomic E-state index is -0.347. The maximum absolute atomic E-state index is 11.6. The van der Waals surface area contributed by atoms with Crippen molar-refractivity contribution in [3.8, 4) is 5.75 Å². The van der Waals surface area contributed by atoms with Gasteiger partial charge in [-0.3, -0.25) is 0 Å². The summed E-state index contributed by atoms with van der Waals surface area (Å²) in [6.45, 7) is 9.33. The predicted octanol–water partition coefficient (Wildman–Crippen LogP) is 3.59. The molecule has 0 atom stereocenters. The van der Waals surface area contributed by atoms with E-state index in [0.717, 1.165) is 34.3 Å². The molecule has 5 heteroatoms. The Labute approximate surface area is 135 Å². The van der Waals surface area contributed by atoms with Crippen molar-refractivity contribution in [3.63, 3.8) is 0 Å². The van der Waals surface area contributed by atoms with Crippen LogP contribution in [-0.2, 0) is 16.1 Å². The predicted molar refractivity (Wildman–Crippen MR) is 87.6 cm³/mol. The molecule has 118 valence electrons. The van der Waals surface area contributed by atoms with Crippen molar-refractivity contribution >= 4 is 21.9 Å². The van der Waals surface area contributed by atoms with Gasteiger partial charge in [0.05, 0.1) is 6.10 Å². The molecule has 0 spiro atoms. The summed E-state index contributed by atoms with van der Waals surface area (Å²) in [6.07, 6.45) is 0.946. The van der Waals surface area contributed by atoms with Gasteiger partial charge in [-0.25, -0.2) is 4.79 Å². The van der Waals surface area contributed by atoms with Crippen molar-refractivity contribution in [2.24, 2.45) is 0 Å². The molecule has 0 aliphatic carbocycles. The van der Waals surface area contributed by atoms with Gasteiger partial charge in [0.15, 0.2) is 6.61 Å². The molecule has 1 aromatic rings. The van der Waals surface area contributed by atoms with Gasteiger partial charge >= 0.3 is 5.97 Å². The largest absolute Gasteiger partial charge is 0.481 e. The Bertz CT molecular complexity index is 475. The lowest BCUT2D eigenvalue weighted by Crippen LogP contribution is -2.20. The zero-order chi connectivity index (χ0) is 15.8. The standard InChI is InChI=1S/C16H24BrNO3/c1-5-6-18-9-13-8-14(17)7-12(4)16(13)20-10-15(19)21-11(2)3/h7-8,11,18H,5-6,9-10H2,1-4H3. The molecule has 1 rings (SSSR count). The first kappa shape index (κ1) is 18.0. The van der Waals surface area contributed by atoms with Gasteiger partial charge < -0.3 is 14.8 Å². The van der Waals surface area contributed by atoms with Crippen molar-refractivity contribution in [2.45, 2.75) is 46.8 Å². The second kappa shape index (κ2) is 9.05. The van der Waals surface area contributed by atoms with Crippen molar-refractivity contribution in [1.82, 2.24) is 5.32 Å².